The number of rotatable bonds is 3. The second kappa shape index (κ2) is 5.51. The van der Waals surface area contributed by atoms with Crippen molar-refractivity contribution in [2.24, 2.45) is 0 Å². The Morgan fingerprint density at radius 2 is 2.00 bits per heavy atom. The normalized spacial score (nSPS) is 19.4. The molecular weight excluding hydrogens is 309 g/mol. The number of benzene rings is 1. The summed E-state index contributed by atoms with van der Waals surface area (Å²) >= 11 is 1.68. The number of nitrogens with zero attached hydrogens (tertiary/aromatic N) is 1. The first kappa shape index (κ1) is 14.7. The summed E-state index contributed by atoms with van der Waals surface area (Å²) in [6.07, 6.45) is 1.47. The number of halogens is 1. The molecule has 1 aliphatic rings. The topological polar surface area (TPSA) is 37.4 Å². The van der Waals surface area contributed by atoms with E-state index in [1.165, 1.54) is 29.1 Å². The second-order valence-corrected chi connectivity index (χ2v) is 7.93. The van der Waals surface area contributed by atoms with Crippen LogP contribution in [0.1, 0.15) is 29.8 Å². The Bertz CT molecular complexity index is 737. The maximum Gasteiger partial charge on any atom is 0.243 e. The van der Waals surface area contributed by atoms with E-state index < -0.39 is 15.8 Å². The molecule has 0 bridgehead atoms. The monoisotopic (exact) mass is 325 g/mol. The van der Waals surface area contributed by atoms with Gasteiger partial charge in [-0.15, -0.1) is 11.3 Å². The molecule has 2 heterocycles. The van der Waals surface area contributed by atoms with Gasteiger partial charge in [0, 0.05) is 11.4 Å². The van der Waals surface area contributed by atoms with Gasteiger partial charge in [-0.3, -0.25) is 0 Å². The van der Waals surface area contributed by atoms with Crippen molar-refractivity contribution in [3.63, 3.8) is 0 Å². The minimum atomic E-state index is -3.59. The lowest BCUT2D eigenvalue weighted by Crippen LogP contribution is -2.39. The van der Waals surface area contributed by atoms with Gasteiger partial charge in [0.1, 0.15) is 5.82 Å². The molecule has 1 aromatic heterocycles. The molecule has 0 saturated heterocycles. The zero-order chi connectivity index (χ0) is 15.0. The smallest absolute Gasteiger partial charge is 0.207 e. The molecule has 1 aromatic carbocycles. The second-order valence-electron chi connectivity index (χ2n) is 5.04. The Labute approximate surface area is 128 Å². The SMILES string of the molecule is CC[C@@H]1c2ccsc2CCN1S(=O)(=O)c1ccc(F)cc1. The van der Waals surface area contributed by atoms with Crippen molar-refractivity contribution in [1.82, 2.24) is 4.31 Å². The number of fused-ring (bicyclic) bond motifs is 1. The molecule has 3 nitrogen and oxygen atoms in total. The molecule has 112 valence electrons. The summed E-state index contributed by atoms with van der Waals surface area (Å²) in [5, 5.41) is 2.02. The summed E-state index contributed by atoms with van der Waals surface area (Å²) in [7, 11) is -3.59. The third-order valence-corrected chi connectivity index (χ3v) is 6.77. The quantitative estimate of drug-likeness (QED) is 0.865. The van der Waals surface area contributed by atoms with E-state index in [0.717, 1.165) is 18.4 Å². The van der Waals surface area contributed by atoms with Crippen molar-refractivity contribution in [3.05, 3.63) is 52.0 Å². The summed E-state index contributed by atoms with van der Waals surface area (Å²) in [5.41, 5.74) is 1.11. The predicted molar refractivity (Wildman–Crippen MR) is 81.3 cm³/mol. The predicted octanol–water partition coefficient (Wildman–Crippen LogP) is 3.59. The van der Waals surface area contributed by atoms with Crippen molar-refractivity contribution in [1.29, 1.82) is 0 Å². The first-order chi connectivity index (χ1) is 10.0. The third kappa shape index (κ3) is 2.52. The molecule has 1 aliphatic heterocycles. The van der Waals surface area contributed by atoms with Gasteiger partial charge in [0.05, 0.1) is 10.9 Å². The molecule has 6 heteroatoms. The van der Waals surface area contributed by atoms with E-state index in [1.807, 2.05) is 18.4 Å². The van der Waals surface area contributed by atoms with Gasteiger partial charge in [0.2, 0.25) is 10.0 Å². The Morgan fingerprint density at radius 1 is 1.29 bits per heavy atom. The van der Waals surface area contributed by atoms with Gasteiger partial charge in [0.25, 0.3) is 0 Å². The lowest BCUT2D eigenvalue weighted by atomic mass is 10.0. The van der Waals surface area contributed by atoms with Gasteiger partial charge in [-0.25, -0.2) is 12.8 Å². The lowest BCUT2D eigenvalue weighted by Gasteiger charge is -2.34. The van der Waals surface area contributed by atoms with E-state index in [1.54, 1.807) is 15.6 Å². The fourth-order valence-corrected chi connectivity index (χ4v) is 5.43. The van der Waals surface area contributed by atoms with Crippen LogP contribution in [0.4, 0.5) is 4.39 Å². The van der Waals surface area contributed by atoms with Crippen molar-refractivity contribution in [2.75, 3.05) is 6.54 Å². The van der Waals surface area contributed by atoms with Crippen LogP contribution in [0.2, 0.25) is 0 Å². The molecule has 0 amide bonds. The van der Waals surface area contributed by atoms with Crippen LogP contribution in [-0.4, -0.2) is 19.3 Å². The molecular formula is C15H16FNO2S2. The maximum atomic E-state index is 13.0. The fourth-order valence-electron chi connectivity index (χ4n) is 2.83. The molecule has 0 aliphatic carbocycles. The molecule has 0 saturated carbocycles. The molecule has 0 unspecified atom stereocenters. The largest absolute Gasteiger partial charge is 0.243 e. The van der Waals surface area contributed by atoms with Crippen molar-refractivity contribution >= 4 is 21.4 Å². The molecule has 2 aromatic rings. The number of hydrogen-bond donors (Lipinski definition) is 0. The van der Waals surface area contributed by atoms with Crippen molar-refractivity contribution in [2.45, 2.75) is 30.7 Å². The maximum absolute atomic E-state index is 13.0. The highest BCUT2D eigenvalue weighted by Crippen LogP contribution is 2.38. The molecule has 1 atom stereocenters. The fraction of sp³-hybridized carbons (Fsp3) is 0.333. The Hall–Kier alpha value is -1.24. The van der Waals surface area contributed by atoms with Crippen LogP contribution >= 0.6 is 11.3 Å². The molecule has 0 spiro atoms. The number of hydrogen-bond acceptors (Lipinski definition) is 3. The summed E-state index contributed by atoms with van der Waals surface area (Å²) < 4.78 is 40.2. The lowest BCUT2D eigenvalue weighted by molar-refractivity contribution is 0.303. The van der Waals surface area contributed by atoms with Crippen LogP contribution in [0.3, 0.4) is 0 Å². The molecule has 0 fully saturated rings. The van der Waals surface area contributed by atoms with E-state index >= 15 is 0 Å². The van der Waals surface area contributed by atoms with E-state index in [4.69, 9.17) is 0 Å². The Balaban J connectivity index is 2.01. The van der Waals surface area contributed by atoms with Gasteiger partial charge in [-0.05, 0) is 54.1 Å². The van der Waals surface area contributed by atoms with Gasteiger partial charge in [0.15, 0.2) is 0 Å². The zero-order valence-electron chi connectivity index (χ0n) is 11.6. The zero-order valence-corrected chi connectivity index (χ0v) is 13.3. The highest BCUT2D eigenvalue weighted by molar-refractivity contribution is 7.89. The van der Waals surface area contributed by atoms with Crippen LogP contribution < -0.4 is 0 Å². The van der Waals surface area contributed by atoms with E-state index in [0.29, 0.717) is 6.54 Å². The molecule has 3 rings (SSSR count). The van der Waals surface area contributed by atoms with Gasteiger partial charge in [-0.2, -0.15) is 4.31 Å². The van der Waals surface area contributed by atoms with Crippen molar-refractivity contribution < 1.29 is 12.8 Å². The van der Waals surface area contributed by atoms with Crippen LogP contribution in [0.5, 0.6) is 0 Å². The highest BCUT2D eigenvalue weighted by Gasteiger charge is 2.35. The van der Waals surface area contributed by atoms with E-state index in [9.17, 15) is 12.8 Å². The first-order valence-electron chi connectivity index (χ1n) is 6.87. The van der Waals surface area contributed by atoms with Gasteiger partial charge >= 0.3 is 0 Å². The average Bonchev–Trinajstić information content (AvgIpc) is 2.95. The minimum Gasteiger partial charge on any atom is -0.207 e. The van der Waals surface area contributed by atoms with Gasteiger partial charge in [-0.1, -0.05) is 6.92 Å². The summed E-state index contributed by atoms with van der Waals surface area (Å²) in [6, 6.07) is 6.93. The Morgan fingerprint density at radius 3 is 2.67 bits per heavy atom. The van der Waals surface area contributed by atoms with Crippen LogP contribution in [0, 0.1) is 5.82 Å². The minimum absolute atomic E-state index is 0.130. The summed E-state index contributed by atoms with van der Waals surface area (Å²) in [5.74, 6) is -0.431. The molecule has 0 radical (unpaired) electrons. The van der Waals surface area contributed by atoms with Crippen LogP contribution in [-0.2, 0) is 16.4 Å². The van der Waals surface area contributed by atoms with Crippen LogP contribution in [0.25, 0.3) is 0 Å². The van der Waals surface area contributed by atoms with E-state index in [-0.39, 0.29) is 10.9 Å². The average molecular weight is 325 g/mol. The summed E-state index contributed by atoms with van der Waals surface area (Å²) in [6.45, 7) is 2.47. The van der Waals surface area contributed by atoms with E-state index in [2.05, 4.69) is 0 Å². The van der Waals surface area contributed by atoms with Crippen molar-refractivity contribution in [3.8, 4) is 0 Å². The molecule has 21 heavy (non-hydrogen) atoms. The summed E-state index contributed by atoms with van der Waals surface area (Å²) in [4.78, 5) is 1.42. The van der Waals surface area contributed by atoms with Crippen LogP contribution in [0.15, 0.2) is 40.6 Å². The highest BCUT2D eigenvalue weighted by atomic mass is 32.2. The number of sulfonamides is 1. The van der Waals surface area contributed by atoms with Gasteiger partial charge < -0.3 is 0 Å². The molecule has 0 N–H and O–H groups in total. The first-order valence-corrected chi connectivity index (χ1v) is 9.19. The third-order valence-electron chi connectivity index (χ3n) is 3.85. The standard InChI is InChI=1S/C15H16FNO2S2/c1-2-14-13-8-10-20-15(13)7-9-17(14)21(18,19)12-5-3-11(16)4-6-12/h3-6,8,10,14H,2,7,9H2,1H3/t14-/m1/s1. The Kier molecular flexibility index (Phi) is 3.86. The number of thiophene rings is 1.